The zero-order valence-electron chi connectivity index (χ0n) is 12.1. The van der Waals surface area contributed by atoms with Crippen molar-refractivity contribution in [2.45, 2.75) is 19.9 Å². The van der Waals surface area contributed by atoms with Gasteiger partial charge in [-0.25, -0.2) is 8.42 Å². The predicted molar refractivity (Wildman–Crippen MR) is 81.4 cm³/mol. The molecule has 0 saturated carbocycles. The molecule has 5 nitrogen and oxygen atoms in total. The highest BCUT2D eigenvalue weighted by atomic mass is 32.2. The fourth-order valence-electron chi connectivity index (χ4n) is 1.79. The molecule has 0 radical (unpaired) electrons. The van der Waals surface area contributed by atoms with Crippen LogP contribution >= 0.6 is 0 Å². The number of rotatable bonds is 7. The monoisotopic (exact) mass is 298 g/mol. The zero-order chi connectivity index (χ0) is 15.2. The molecule has 0 aromatic heterocycles. The van der Waals surface area contributed by atoms with E-state index >= 15 is 0 Å². The predicted octanol–water partition coefficient (Wildman–Crippen LogP) is 1.28. The smallest absolute Gasteiger partial charge is 0.224 e. The van der Waals surface area contributed by atoms with E-state index in [1.165, 1.54) is 0 Å². The van der Waals surface area contributed by atoms with Gasteiger partial charge >= 0.3 is 0 Å². The lowest BCUT2D eigenvalue weighted by molar-refractivity contribution is -0.124. The molecule has 2 N–H and O–H groups in total. The average Bonchev–Trinajstić information content (AvgIpc) is 2.35. The van der Waals surface area contributed by atoms with Gasteiger partial charge in [0.15, 0.2) is 0 Å². The van der Waals surface area contributed by atoms with Crippen molar-refractivity contribution in [3.63, 3.8) is 0 Å². The van der Waals surface area contributed by atoms with Crippen LogP contribution in [-0.4, -0.2) is 38.9 Å². The first-order valence-corrected chi connectivity index (χ1v) is 8.61. The third-order valence-corrected chi connectivity index (χ3v) is 3.88. The van der Waals surface area contributed by atoms with E-state index in [2.05, 4.69) is 10.6 Å². The molecule has 2 unspecified atom stereocenters. The maximum atomic E-state index is 11.8. The Morgan fingerprint density at radius 3 is 2.35 bits per heavy atom. The van der Waals surface area contributed by atoms with Crippen LogP contribution < -0.4 is 10.6 Å². The molecule has 0 bridgehead atoms. The second-order valence-corrected chi connectivity index (χ2v) is 7.33. The standard InChI is InChI=1S/C14H22N2O3S/c1-11(10-20(3,18)19)14(17)16-12(2)9-15-13-7-5-4-6-8-13/h4-8,11-12,15H,9-10H2,1-3H3,(H,16,17). The average molecular weight is 298 g/mol. The molecule has 20 heavy (non-hydrogen) atoms. The van der Waals surface area contributed by atoms with E-state index in [0.717, 1.165) is 11.9 Å². The summed E-state index contributed by atoms with van der Waals surface area (Å²) in [5.41, 5.74) is 0.984. The minimum atomic E-state index is -3.14. The van der Waals surface area contributed by atoms with E-state index in [4.69, 9.17) is 0 Å². The summed E-state index contributed by atoms with van der Waals surface area (Å²) in [5, 5.41) is 6.01. The van der Waals surface area contributed by atoms with Crippen LogP contribution in [0.4, 0.5) is 5.69 Å². The first-order valence-electron chi connectivity index (χ1n) is 6.55. The molecule has 1 aromatic rings. The molecule has 0 heterocycles. The van der Waals surface area contributed by atoms with E-state index in [-0.39, 0.29) is 17.7 Å². The van der Waals surface area contributed by atoms with Crippen molar-refractivity contribution in [2.24, 2.45) is 5.92 Å². The first kappa shape index (κ1) is 16.5. The summed E-state index contributed by atoms with van der Waals surface area (Å²) >= 11 is 0. The molecule has 0 aliphatic heterocycles. The molecule has 0 aliphatic rings. The lowest BCUT2D eigenvalue weighted by Gasteiger charge is -2.18. The first-order chi connectivity index (χ1) is 9.28. The second-order valence-electron chi connectivity index (χ2n) is 5.15. The number of hydrogen-bond acceptors (Lipinski definition) is 4. The molecule has 0 saturated heterocycles. The summed E-state index contributed by atoms with van der Waals surface area (Å²) in [6.07, 6.45) is 1.14. The van der Waals surface area contributed by atoms with Crippen molar-refractivity contribution in [2.75, 3.05) is 23.9 Å². The fraction of sp³-hybridized carbons (Fsp3) is 0.500. The van der Waals surface area contributed by atoms with E-state index in [0.29, 0.717) is 6.54 Å². The lowest BCUT2D eigenvalue weighted by atomic mass is 10.2. The van der Waals surface area contributed by atoms with Gasteiger partial charge in [-0.15, -0.1) is 0 Å². The number of anilines is 1. The molecule has 0 aliphatic carbocycles. The largest absolute Gasteiger partial charge is 0.383 e. The van der Waals surface area contributed by atoms with Crippen LogP contribution in [0.3, 0.4) is 0 Å². The number of carbonyl (C=O) groups is 1. The molecule has 112 valence electrons. The van der Waals surface area contributed by atoms with Gasteiger partial charge in [0.1, 0.15) is 9.84 Å². The van der Waals surface area contributed by atoms with Crippen molar-refractivity contribution in [3.8, 4) is 0 Å². The number of amides is 1. The quantitative estimate of drug-likeness (QED) is 0.795. The topological polar surface area (TPSA) is 75.3 Å². The zero-order valence-corrected chi connectivity index (χ0v) is 12.9. The normalized spacial score (nSPS) is 14.3. The number of benzene rings is 1. The Hall–Kier alpha value is -1.56. The van der Waals surface area contributed by atoms with Gasteiger partial charge in [-0.1, -0.05) is 25.1 Å². The number of sulfone groups is 1. The highest BCUT2D eigenvalue weighted by Gasteiger charge is 2.19. The molecular formula is C14H22N2O3S. The van der Waals surface area contributed by atoms with Gasteiger partial charge in [-0.05, 0) is 19.1 Å². The number of hydrogen-bond donors (Lipinski definition) is 2. The summed E-state index contributed by atoms with van der Waals surface area (Å²) in [4.78, 5) is 11.8. The van der Waals surface area contributed by atoms with Gasteiger partial charge in [0, 0.05) is 30.4 Å². The SMILES string of the molecule is CC(CNc1ccccc1)NC(=O)C(C)CS(C)(=O)=O. The van der Waals surface area contributed by atoms with E-state index in [1.54, 1.807) is 6.92 Å². The molecule has 1 amide bonds. The second kappa shape index (κ2) is 7.28. The number of carbonyl (C=O) groups excluding carboxylic acids is 1. The Balaban J connectivity index is 2.38. The Labute approximate surface area is 120 Å². The van der Waals surface area contributed by atoms with Crippen LogP contribution in [0.25, 0.3) is 0 Å². The summed E-state index contributed by atoms with van der Waals surface area (Å²) in [7, 11) is -3.14. The van der Waals surface area contributed by atoms with Crippen LogP contribution in [0.15, 0.2) is 30.3 Å². The Morgan fingerprint density at radius 1 is 1.20 bits per heavy atom. The molecule has 0 spiro atoms. The molecule has 2 atom stereocenters. The van der Waals surface area contributed by atoms with Crippen LogP contribution in [0.1, 0.15) is 13.8 Å². The van der Waals surface area contributed by atoms with Crippen LogP contribution in [0, 0.1) is 5.92 Å². The summed E-state index contributed by atoms with van der Waals surface area (Å²) < 4.78 is 22.3. The lowest BCUT2D eigenvalue weighted by Crippen LogP contribution is -2.41. The summed E-state index contributed by atoms with van der Waals surface area (Å²) in [6.45, 7) is 4.08. The van der Waals surface area contributed by atoms with Crippen molar-refractivity contribution >= 4 is 21.4 Å². The fourth-order valence-corrected chi connectivity index (χ4v) is 2.85. The van der Waals surface area contributed by atoms with Crippen molar-refractivity contribution in [1.82, 2.24) is 5.32 Å². The molecule has 0 fully saturated rings. The number of para-hydroxylation sites is 1. The van der Waals surface area contributed by atoms with Gasteiger partial charge in [-0.2, -0.15) is 0 Å². The van der Waals surface area contributed by atoms with Gasteiger partial charge in [0.25, 0.3) is 0 Å². The molecular weight excluding hydrogens is 276 g/mol. The third kappa shape index (κ3) is 6.56. The maximum absolute atomic E-state index is 11.8. The highest BCUT2D eigenvalue weighted by molar-refractivity contribution is 7.90. The van der Waals surface area contributed by atoms with E-state index in [9.17, 15) is 13.2 Å². The van der Waals surface area contributed by atoms with Gasteiger partial charge in [-0.3, -0.25) is 4.79 Å². The summed E-state index contributed by atoms with van der Waals surface area (Å²) in [5.74, 6) is -0.903. The Bertz CT molecular complexity index is 529. The van der Waals surface area contributed by atoms with Gasteiger partial charge < -0.3 is 10.6 Å². The van der Waals surface area contributed by atoms with Crippen molar-refractivity contribution < 1.29 is 13.2 Å². The van der Waals surface area contributed by atoms with Crippen molar-refractivity contribution in [1.29, 1.82) is 0 Å². The van der Waals surface area contributed by atoms with Crippen molar-refractivity contribution in [3.05, 3.63) is 30.3 Å². The molecule has 6 heteroatoms. The van der Waals surface area contributed by atoms with Gasteiger partial charge in [0.2, 0.25) is 5.91 Å². The van der Waals surface area contributed by atoms with E-state index < -0.39 is 15.8 Å². The van der Waals surface area contributed by atoms with Gasteiger partial charge in [0.05, 0.1) is 5.75 Å². The maximum Gasteiger partial charge on any atom is 0.224 e. The minimum Gasteiger partial charge on any atom is -0.383 e. The van der Waals surface area contributed by atoms with Crippen LogP contribution in [0.5, 0.6) is 0 Å². The Morgan fingerprint density at radius 2 is 1.80 bits per heavy atom. The minimum absolute atomic E-state index is 0.0790. The molecule has 1 rings (SSSR count). The van der Waals surface area contributed by atoms with Crippen LogP contribution in [0.2, 0.25) is 0 Å². The summed E-state index contributed by atoms with van der Waals surface area (Å²) in [6, 6.07) is 9.61. The highest BCUT2D eigenvalue weighted by Crippen LogP contribution is 2.05. The number of nitrogens with one attached hydrogen (secondary N) is 2. The van der Waals surface area contributed by atoms with Crippen LogP contribution in [-0.2, 0) is 14.6 Å². The van der Waals surface area contributed by atoms with E-state index in [1.807, 2.05) is 37.3 Å². The molecule has 1 aromatic carbocycles. The third-order valence-electron chi connectivity index (χ3n) is 2.78. The Kier molecular flexibility index (Phi) is 6.01.